The molecule has 18 heavy (non-hydrogen) atoms. The van der Waals surface area contributed by atoms with Crippen molar-refractivity contribution >= 4 is 10.0 Å². The molecule has 1 aliphatic heterocycles. The van der Waals surface area contributed by atoms with Crippen molar-refractivity contribution in [2.24, 2.45) is 0 Å². The van der Waals surface area contributed by atoms with Crippen molar-refractivity contribution in [2.45, 2.75) is 24.0 Å². The standard InChI is InChI=1S/C12H18N2O3S/c1-2-7-14-8-5-11(6-9-14)13-18(15,16)12-4-3-10-17-12/h2-4,10-11,13H,1,5-9H2. The van der Waals surface area contributed by atoms with Crippen LogP contribution in [0.25, 0.3) is 0 Å². The minimum absolute atomic E-state index is 0.0128. The molecule has 1 aromatic rings. The van der Waals surface area contributed by atoms with E-state index < -0.39 is 10.0 Å². The van der Waals surface area contributed by atoms with Gasteiger partial charge in [0.1, 0.15) is 0 Å². The van der Waals surface area contributed by atoms with Gasteiger partial charge in [0.05, 0.1) is 6.26 Å². The second-order valence-electron chi connectivity index (χ2n) is 4.42. The largest absolute Gasteiger partial charge is 0.452 e. The third-order valence-corrected chi connectivity index (χ3v) is 4.46. The average molecular weight is 270 g/mol. The van der Waals surface area contributed by atoms with Crippen LogP contribution in [0.1, 0.15) is 12.8 Å². The summed E-state index contributed by atoms with van der Waals surface area (Å²) in [6, 6.07) is 3.01. The van der Waals surface area contributed by atoms with E-state index in [1.807, 2.05) is 6.08 Å². The first-order valence-corrected chi connectivity index (χ1v) is 7.49. The molecular formula is C12H18N2O3S. The lowest BCUT2D eigenvalue weighted by Gasteiger charge is -2.31. The molecule has 1 fully saturated rings. The van der Waals surface area contributed by atoms with E-state index in [0.29, 0.717) is 0 Å². The summed E-state index contributed by atoms with van der Waals surface area (Å²) in [5, 5.41) is -0.0176. The fraction of sp³-hybridized carbons (Fsp3) is 0.500. The minimum atomic E-state index is -3.50. The van der Waals surface area contributed by atoms with Crippen molar-refractivity contribution in [3.8, 4) is 0 Å². The summed E-state index contributed by atoms with van der Waals surface area (Å²) < 4.78 is 31.5. The van der Waals surface area contributed by atoms with Crippen LogP contribution in [0.15, 0.2) is 40.6 Å². The van der Waals surface area contributed by atoms with Gasteiger partial charge in [-0.05, 0) is 38.1 Å². The maximum atomic E-state index is 11.9. The first kappa shape index (κ1) is 13.3. The molecule has 1 aromatic heterocycles. The molecule has 2 heterocycles. The molecule has 0 aliphatic carbocycles. The highest BCUT2D eigenvalue weighted by Crippen LogP contribution is 2.15. The molecule has 1 saturated heterocycles. The Morgan fingerprint density at radius 1 is 1.50 bits per heavy atom. The fourth-order valence-corrected chi connectivity index (χ4v) is 3.34. The van der Waals surface area contributed by atoms with Crippen LogP contribution in [0.4, 0.5) is 0 Å². The first-order chi connectivity index (χ1) is 8.62. The zero-order chi connectivity index (χ0) is 13.0. The zero-order valence-electron chi connectivity index (χ0n) is 10.2. The van der Waals surface area contributed by atoms with E-state index in [-0.39, 0.29) is 11.1 Å². The van der Waals surface area contributed by atoms with Crippen molar-refractivity contribution in [1.29, 1.82) is 0 Å². The second kappa shape index (κ2) is 5.69. The smallest absolute Gasteiger partial charge is 0.274 e. The van der Waals surface area contributed by atoms with E-state index in [1.54, 1.807) is 6.07 Å². The van der Waals surface area contributed by atoms with Crippen LogP contribution in [-0.2, 0) is 10.0 Å². The Kier molecular flexibility index (Phi) is 4.21. The lowest BCUT2D eigenvalue weighted by molar-refractivity contribution is 0.226. The van der Waals surface area contributed by atoms with Crippen molar-refractivity contribution < 1.29 is 12.8 Å². The van der Waals surface area contributed by atoms with Gasteiger partial charge in [-0.25, -0.2) is 13.1 Å². The second-order valence-corrected chi connectivity index (χ2v) is 6.06. The fourth-order valence-electron chi connectivity index (χ4n) is 2.11. The van der Waals surface area contributed by atoms with Gasteiger partial charge in [0.25, 0.3) is 10.0 Å². The number of likely N-dealkylation sites (tertiary alicyclic amines) is 1. The highest BCUT2D eigenvalue weighted by atomic mass is 32.2. The van der Waals surface area contributed by atoms with Crippen LogP contribution in [-0.4, -0.2) is 39.0 Å². The molecule has 0 amide bonds. The van der Waals surface area contributed by atoms with Crippen molar-refractivity contribution in [3.05, 3.63) is 31.1 Å². The molecule has 5 nitrogen and oxygen atoms in total. The predicted octanol–water partition coefficient (Wildman–Crippen LogP) is 1.21. The molecule has 2 rings (SSSR count). The van der Waals surface area contributed by atoms with Crippen molar-refractivity contribution in [1.82, 2.24) is 9.62 Å². The molecule has 0 aromatic carbocycles. The third kappa shape index (κ3) is 3.22. The van der Waals surface area contributed by atoms with Gasteiger partial charge in [-0.3, -0.25) is 4.90 Å². The Labute approximate surface area is 108 Å². The number of rotatable bonds is 5. The van der Waals surface area contributed by atoms with Crippen LogP contribution in [0.5, 0.6) is 0 Å². The molecule has 0 radical (unpaired) electrons. The number of nitrogens with one attached hydrogen (secondary N) is 1. The van der Waals surface area contributed by atoms with E-state index in [9.17, 15) is 8.42 Å². The molecule has 6 heteroatoms. The van der Waals surface area contributed by atoms with E-state index >= 15 is 0 Å². The molecule has 1 N–H and O–H groups in total. The number of hydrogen-bond acceptors (Lipinski definition) is 4. The lowest BCUT2D eigenvalue weighted by Crippen LogP contribution is -2.44. The van der Waals surface area contributed by atoms with Gasteiger partial charge >= 0.3 is 0 Å². The van der Waals surface area contributed by atoms with Gasteiger partial charge in [0.2, 0.25) is 5.09 Å². The van der Waals surface area contributed by atoms with E-state index in [2.05, 4.69) is 16.2 Å². The monoisotopic (exact) mass is 270 g/mol. The van der Waals surface area contributed by atoms with Crippen LogP contribution in [0.2, 0.25) is 0 Å². The Hall–Kier alpha value is -1.11. The van der Waals surface area contributed by atoms with Gasteiger partial charge in [-0.1, -0.05) is 6.08 Å². The van der Waals surface area contributed by atoms with Crippen LogP contribution >= 0.6 is 0 Å². The minimum Gasteiger partial charge on any atom is -0.452 e. The van der Waals surface area contributed by atoms with E-state index in [4.69, 9.17) is 4.42 Å². The maximum Gasteiger partial charge on any atom is 0.274 e. The highest BCUT2D eigenvalue weighted by molar-refractivity contribution is 7.89. The predicted molar refractivity (Wildman–Crippen MR) is 68.7 cm³/mol. The average Bonchev–Trinajstić information content (AvgIpc) is 2.86. The van der Waals surface area contributed by atoms with Gasteiger partial charge in [0.15, 0.2) is 0 Å². The molecule has 0 unspecified atom stereocenters. The van der Waals surface area contributed by atoms with Crippen molar-refractivity contribution in [2.75, 3.05) is 19.6 Å². The highest BCUT2D eigenvalue weighted by Gasteiger charge is 2.25. The summed E-state index contributed by atoms with van der Waals surface area (Å²) in [6.07, 6.45) is 4.86. The van der Waals surface area contributed by atoms with Crippen LogP contribution < -0.4 is 4.72 Å². The molecule has 0 atom stereocenters. The zero-order valence-corrected chi connectivity index (χ0v) is 11.0. The Bertz CT molecular complexity index is 473. The lowest BCUT2D eigenvalue weighted by atomic mass is 10.1. The quantitative estimate of drug-likeness (QED) is 0.817. The van der Waals surface area contributed by atoms with E-state index in [0.717, 1.165) is 32.5 Å². The number of nitrogens with zero attached hydrogens (tertiary/aromatic N) is 1. The summed E-state index contributed by atoms with van der Waals surface area (Å²) in [5.74, 6) is 0. The number of hydrogen-bond donors (Lipinski definition) is 1. The Morgan fingerprint density at radius 2 is 2.22 bits per heavy atom. The first-order valence-electron chi connectivity index (χ1n) is 6.01. The molecule has 0 bridgehead atoms. The summed E-state index contributed by atoms with van der Waals surface area (Å²) in [5.41, 5.74) is 0. The number of furan rings is 1. The van der Waals surface area contributed by atoms with Gasteiger partial charge in [0, 0.05) is 12.6 Å². The van der Waals surface area contributed by atoms with Crippen LogP contribution in [0, 0.1) is 0 Å². The van der Waals surface area contributed by atoms with Crippen LogP contribution in [0.3, 0.4) is 0 Å². The van der Waals surface area contributed by atoms with E-state index in [1.165, 1.54) is 12.3 Å². The SMILES string of the molecule is C=CCN1CCC(NS(=O)(=O)c2ccco2)CC1. The van der Waals surface area contributed by atoms with Gasteiger partial charge in [-0.2, -0.15) is 0 Å². The summed E-state index contributed by atoms with van der Waals surface area (Å²) in [4.78, 5) is 2.25. The van der Waals surface area contributed by atoms with Gasteiger partial charge in [-0.15, -0.1) is 6.58 Å². The Morgan fingerprint density at radius 3 is 2.78 bits per heavy atom. The summed E-state index contributed by atoms with van der Waals surface area (Å²) in [6.45, 7) is 6.33. The summed E-state index contributed by atoms with van der Waals surface area (Å²) >= 11 is 0. The summed E-state index contributed by atoms with van der Waals surface area (Å²) in [7, 11) is -3.50. The number of piperidine rings is 1. The molecule has 0 saturated carbocycles. The molecular weight excluding hydrogens is 252 g/mol. The molecule has 1 aliphatic rings. The number of sulfonamides is 1. The third-order valence-electron chi connectivity index (χ3n) is 3.06. The van der Waals surface area contributed by atoms with Gasteiger partial charge < -0.3 is 4.42 Å². The van der Waals surface area contributed by atoms with Crippen molar-refractivity contribution in [3.63, 3.8) is 0 Å². The normalized spacial score (nSPS) is 18.9. The molecule has 100 valence electrons. The maximum absolute atomic E-state index is 11.9. The topological polar surface area (TPSA) is 62.6 Å². The molecule has 0 spiro atoms. The Balaban J connectivity index is 1.90.